The van der Waals surface area contributed by atoms with Crippen LogP contribution in [0.5, 0.6) is 5.75 Å². The zero-order chi connectivity index (χ0) is 14.7. The van der Waals surface area contributed by atoms with Crippen LogP contribution in [0.1, 0.15) is 0 Å². The average molecular weight is 317 g/mol. The molecule has 21 heavy (non-hydrogen) atoms. The number of hydrogen-bond donors (Lipinski definition) is 0. The van der Waals surface area contributed by atoms with Crippen LogP contribution in [0.3, 0.4) is 0 Å². The van der Waals surface area contributed by atoms with Gasteiger partial charge in [0.25, 0.3) is 0 Å². The van der Waals surface area contributed by atoms with Crippen molar-refractivity contribution in [3.63, 3.8) is 0 Å². The second-order valence-electron chi connectivity index (χ2n) is 4.33. The molecule has 3 aromatic rings. The molecule has 0 aliphatic carbocycles. The maximum absolute atomic E-state index is 5.91. The van der Waals surface area contributed by atoms with Gasteiger partial charge in [-0.05, 0) is 48.5 Å². The molecule has 3 rings (SSSR count). The minimum absolute atomic E-state index is 0.734. The van der Waals surface area contributed by atoms with Gasteiger partial charge >= 0.3 is 0 Å². The van der Waals surface area contributed by atoms with E-state index < -0.39 is 0 Å². The van der Waals surface area contributed by atoms with Crippen LogP contribution in [0.2, 0.25) is 5.02 Å². The SMILES string of the molecule is COc1ccc(-n2ccnc2Sc2ccc(Cl)cc2)cc1. The zero-order valence-corrected chi connectivity index (χ0v) is 12.9. The molecular weight excluding hydrogens is 304 g/mol. The number of benzene rings is 2. The first-order chi connectivity index (χ1) is 10.3. The first-order valence-corrected chi connectivity index (χ1v) is 7.57. The molecule has 5 heteroatoms. The Kier molecular flexibility index (Phi) is 4.18. The molecule has 0 radical (unpaired) electrons. The van der Waals surface area contributed by atoms with Crippen molar-refractivity contribution in [2.75, 3.05) is 7.11 Å². The molecule has 0 aliphatic heterocycles. The fourth-order valence-electron chi connectivity index (χ4n) is 1.91. The summed E-state index contributed by atoms with van der Waals surface area (Å²) in [5.41, 5.74) is 1.05. The Labute approximate surface area is 132 Å². The first-order valence-electron chi connectivity index (χ1n) is 6.37. The third-order valence-electron chi connectivity index (χ3n) is 2.98. The standard InChI is InChI=1S/C16H13ClN2OS/c1-20-14-6-4-13(5-7-14)19-11-10-18-16(19)21-15-8-2-12(17)3-9-15/h2-11H,1H3. The summed E-state index contributed by atoms with van der Waals surface area (Å²) in [7, 11) is 1.66. The Morgan fingerprint density at radius 2 is 1.76 bits per heavy atom. The smallest absolute Gasteiger partial charge is 0.177 e. The fourth-order valence-corrected chi connectivity index (χ4v) is 2.90. The largest absolute Gasteiger partial charge is 0.497 e. The predicted octanol–water partition coefficient (Wildman–Crippen LogP) is 4.69. The summed E-state index contributed by atoms with van der Waals surface area (Å²) < 4.78 is 7.22. The maximum Gasteiger partial charge on any atom is 0.177 e. The van der Waals surface area contributed by atoms with Gasteiger partial charge in [0.2, 0.25) is 0 Å². The molecule has 0 amide bonds. The molecule has 0 atom stereocenters. The normalized spacial score (nSPS) is 10.6. The monoisotopic (exact) mass is 316 g/mol. The van der Waals surface area contributed by atoms with E-state index in [-0.39, 0.29) is 0 Å². The molecular formula is C16H13ClN2OS. The van der Waals surface area contributed by atoms with Gasteiger partial charge in [0.1, 0.15) is 5.75 Å². The summed E-state index contributed by atoms with van der Waals surface area (Å²) in [6, 6.07) is 15.6. The average Bonchev–Trinajstić information content (AvgIpc) is 2.98. The highest BCUT2D eigenvalue weighted by atomic mass is 35.5. The summed E-state index contributed by atoms with van der Waals surface area (Å²) in [6.45, 7) is 0. The van der Waals surface area contributed by atoms with Crippen molar-refractivity contribution in [2.45, 2.75) is 10.1 Å². The lowest BCUT2D eigenvalue weighted by atomic mass is 10.3. The fraction of sp³-hybridized carbons (Fsp3) is 0.0625. The van der Waals surface area contributed by atoms with Gasteiger partial charge in [0.05, 0.1) is 7.11 Å². The number of hydrogen-bond acceptors (Lipinski definition) is 3. The molecule has 0 unspecified atom stereocenters. The van der Waals surface area contributed by atoms with Crippen molar-refractivity contribution in [1.82, 2.24) is 9.55 Å². The molecule has 0 saturated carbocycles. The van der Waals surface area contributed by atoms with Crippen molar-refractivity contribution in [3.8, 4) is 11.4 Å². The number of halogens is 1. The molecule has 0 N–H and O–H groups in total. The molecule has 0 spiro atoms. The number of methoxy groups -OCH3 is 1. The molecule has 0 bridgehead atoms. The second kappa shape index (κ2) is 6.24. The van der Waals surface area contributed by atoms with Crippen LogP contribution in [0.15, 0.2) is 71.0 Å². The van der Waals surface area contributed by atoms with E-state index in [1.165, 1.54) is 0 Å². The van der Waals surface area contributed by atoms with E-state index in [2.05, 4.69) is 4.98 Å². The minimum atomic E-state index is 0.734. The predicted molar refractivity (Wildman–Crippen MR) is 85.7 cm³/mol. The highest BCUT2D eigenvalue weighted by Crippen LogP contribution is 2.29. The molecule has 3 nitrogen and oxygen atoms in total. The third kappa shape index (κ3) is 3.23. The Bertz CT molecular complexity index is 723. The van der Waals surface area contributed by atoms with Crippen molar-refractivity contribution < 1.29 is 4.74 Å². The summed E-state index contributed by atoms with van der Waals surface area (Å²) in [5.74, 6) is 0.839. The van der Waals surface area contributed by atoms with Gasteiger partial charge in [-0.15, -0.1) is 0 Å². The van der Waals surface area contributed by atoms with Crippen LogP contribution in [0, 0.1) is 0 Å². The van der Waals surface area contributed by atoms with Crippen LogP contribution >= 0.6 is 23.4 Å². The molecule has 106 valence electrons. The Balaban J connectivity index is 1.87. The van der Waals surface area contributed by atoms with E-state index in [0.717, 1.165) is 26.5 Å². The van der Waals surface area contributed by atoms with Crippen molar-refractivity contribution >= 4 is 23.4 Å². The lowest BCUT2D eigenvalue weighted by molar-refractivity contribution is 0.414. The van der Waals surface area contributed by atoms with Gasteiger partial charge in [-0.3, -0.25) is 4.57 Å². The van der Waals surface area contributed by atoms with Gasteiger partial charge in [-0.1, -0.05) is 23.4 Å². The highest BCUT2D eigenvalue weighted by molar-refractivity contribution is 7.99. The van der Waals surface area contributed by atoms with Crippen molar-refractivity contribution in [3.05, 3.63) is 65.9 Å². The van der Waals surface area contributed by atoms with E-state index in [1.807, 2.05) is 59.3 Å². The summed E-state index contributed by atoms with van der Waals surface area (Å²) in [4.78, 5) is 5.51. The molecule has 2 aromatic carbocycles. The van der Waals surface area contributed by atoms with E-state index >= 15 is 0 Å². The van der Waals surface area contributed by atoms with Crippen LogP contribution in [0.4, 0.5) is 0 Å². The van der Waals surface area contributed by atoms with Crippen molar-refractivity contribution in [1.29, 1.82) is 0 Å². The first kappa shape index (κ1) is 14.0. The number of imidazole rings is 1. The lowest BCUT2D eigenvalue weighted by Gasteiger charge is -2.08. The molecule has 1 heterocycles. The van der Waals surface area contributed by atoms with Crippen LogP contribution < -0.4 is 4.74 Å². The zero-order valence-electron chi connectivity index (χ0n) is 11.4. The van der Waals surface area contributed by atoms with Crippen LogP contribution in [-0.2, 0) is 0 Å². The molecule has 0 fully saturated rings. The van der Waals surface area contributed by atoms with Crippen molar-refractivity contribution in [2.24, 2.45) is 0 Å². The summed E-state index contributed by atoms with van der Waals surface area (Å²) >= 11 is 7.50. The molecule has 0 aliphatic rings. The maximum atomic E-state index is 5.91. The quantitative estimate of drug-likeness (QED) is 0.699. The number of ether oxygens (including phenoxy) is 1. The minimum Gasteiger partial charge on any atom is -0.497 e. The van der Waals surface area contributed by atoms with Gasteiger partial charge < -0.3 is 4.74 Å². The molecule has 0 saturated heterocycles. The van der Waals surface area contributed by atoms with Gasteiger partial charge in [0.15, 0.2) is 5.16 Å². The number of nitrogens with zero attached hydrogens (tertiary/aromatic N) is 2. The van der Waals surface area contributed by atoms with E-state index in [9.17, 15) is 0 Å². The Hall–Kier alpha value is -1.91. The second-order valence-corrected chi connectivity index (χ2v) is 5.81. The summed E-state index contributed by atoms with van der Waals surface area (Å²) in [5, 5.41) is 1.64. The van der Waals surface area contributed by atoms with Crippen LogP contribution in [0.25, 0.3) is 5.69 Å². The van der Waals surface area contributed by atoms with Crippen LogP contribution in [-0.4, -0.2) is 16.7 Å². The Morgan fingerprint density at radius 3 is 2.43 bits per heavy atom. The summed E-state index contributed by atoms with van der Waals surface area (Å²) in [6.07, 6.45) is 3.74. The van der Waals surface area contributed by atoms with Gasteiger partial charge in [-0.25, -0.2) is 4.98 Å². The highest BCUT2D eigenvalue weighted by Gasteiger charge is 2.07. The van der Waals surface area contributed by atoms with Gasteiger partial charge in [0, 0.05) is 28.0 Å². The topological polar surface area (TPSA) is 27.1 Å². The van der Waals surface area contributed by atoms with E-state index in [4.69, 9.17) is 16.3 Å². The van der Waals surface area contributed by atoms with E-state index in [1.54, 1.807) is 25.1 Å². The number of aromatic nitrogens is 2. The third-order valence-corrected chi connectivity index (χ3v) is 4.22. The Morgan fingerprint density at radius 1 is 1.05 bits per heavy atom. The van der Waals surface area contributed by atoms with E-state index in [0.29, 0.717) is 0 Å². The number of rotatable bonds is 4. The molecule has 1 aromatic heterocycles. The lowest BCUT2D eigenvalue weighted by Crippen LogP contribution is -1.95. The van der Waals surface area contributed by atoms with Gasteiger partial charge in [-0.2, -0.15) is 0 Å².